The summed E-state index contributed by atoms with van der Waals surface area (Å²) in [5.74, 6) is 0.0331. The van der Waals surface area contributed by atoms with Crippen LogP contribution in [-0.4, -0.2) is 10.2 Å². The molecule has 1 aromatic carbocycles. The fraction of sp³-hybridized carbons (Fsp3) is 0. The maximum absolute atomic E-state index is 9.44. The summed E-state index contributed by atoms with van der Waals surface area (Å²) >= 11 is 6.88. The number of thiophene rings is 1. The van der Waals surface area contributed by atoms with E-state index in [1.807, 2.05) is 0 Å². The lowest BCUT2D eigenvalue weighted by Crippen LogP contribution is -1.67. The summed E-state index contributed by atoms with van der Waals surface area (Å²) in [5, 5.41) is 19.7. The minimum atomic E-state index is 0.0331. The summed E-state index contributed by atoms with van der Waals surface area (Å²) in [6.07, 6.45) is 0. The standard InChI is InChI=1S/C8H5ClO2S/c9-5-1-2-6-4(8(5)11)3-7(10)12-6/h1-3,10-11H. The van der Waals surface area contributed by atoms with Crippen LogP contribution in [0.2, 0.25) is 5.02 Å². The van der Waals surface area contributed by atoms with E-state index >= 15 is 0 Å². The van der Waals surface area contributed by atoms with Gasteiger partial charge in [-0.25, -0.2) is 0 Å². The third kappa shape index (κ3) is 1.02. The zero-order valence-electron chi connectivity index (χ0n) is 5.91. The first kappa shape index (κ1) is 7.71. The van der Waals surface area contributed by atoms with Gasteiger partial charge in [0.2, 0.25) is 0 Å². The molecule has 0 amide bonds. The molecular formula is C8H5ClO2S. The van der Waals surface area contributed by atoms with Gasteiger partial charge in [0.05, 0.1) is 5.02 Å². The second kappa shape index (κ2) is 2.54. The van der Waals surface area contributed by atoms with Crippen molar-refractivity contribution in [1.29, 1.82) is 0 Å². The molecule has 12 heavy (non-hydrogen) atoms. The van der Waals surface area contributed by atoms with E-state index in [1.165, 1.54) is 17.4 Å². The van der Waals surface area contributed by atoms with Gasteiger partial charge in [-0.05, 0) is 12.1 Å². The second-order valence-corrected chi connectivity index (χ2v) is 3.86. The molecule has 0 saturated carbocycles. The molecule has 0 aliphatic carbocycles. The summed E-state index contributed by atoms with van der Waals surface area (Å²) in [5.41, 5.74) is 0. The van der Waals surface area contributed by atoms with Crippen molar-refractivity contribution in [2.24, 2.45) is 0 Å². The normalized spacial score (nSPS) is 10.8. The van der Waals surface area contributed by atoms with Crippen LogP contribution in [0, 0.1) is 0 Å². The molecular weight excluding hydrogens is 196 g/mol. The number of phenols is 1. The molecule has 2 N–H and O–H groups in total. The summed E-state index contributed by atoms with van der Waals surface area (Å²) in [4.78, 5) is 0. The Morgan fingerprint density at radius 2 is 2.00 bits per heavy atom. The molecule has 2 nitrogen and oxygen atoms in total. The Labute approximate surface area is 77.6 Å². The van der Waals surface area contributed by atoms with Crippen LogP contribution in [0.3, 0.4) is 0 Å². The van der Waals surface area contributed by atoms with Crippen LogP contribution in [0.4, 0.5) is 0 Å². The Morgan fingerprint density at radius 1 is 1.25 bits per heavy atom. The average Bonchev–Trinajstić information content (AvgIpc) is 2.39. The fourth-order valence-electron chi connectivity index (χ4n) is 1.06. The van der Waals surface area contributed by atoms with E-state index in [2.05, 4.69) is 0 Å². The van der Waals surface area contributed by atoms with Gasteiger partial charge in [-0.15, -0.1) is 0 Å². The lowest BCUT2D eigenvalue weighted by atomic mass is 10.2. The molecule has 0 unspecified atom stereocenters. The Balaban J connectivity index is 2.89. The van der Waals surface area contributed by atoms with E-state index in [9.17, 15) is 5.11 Å². The topological polar surface area (TPSA) is 40.5 Å². The van der Waals surface area contributed by atoms with Crippen molar-refractivity contribution < 1.29 is 10.2 Å². The molecule has 0 atom stereocenters. The van der Waals surface area contributed by atoms with Crippen molar-refractivity contribution in [2.75, 3.05) is 0 Å². The Hall–Kier alpha value is -0.930. The molecule has 0 bridgehead atoms. The number of hydrogen-bond donors (Lipinski definition) is 2. The third-order valence-electron chi connectivity index (χ3n) is 1.61. The molecule has 2 aromatic rings. The number of phenolic OH excluding ortho intramolecular Hbond substituents is 1. The first-order valence-electron chi connectivity index (χ1n) is 3.28. The van der Waals surface area contributed by atoms with E-state index in [4.69, 9.17) is 16.7 Å². The summed E-state index contributed by atoms with van der Waals surface area (Å²) < 4.78 is 0.828. The highest BCUT2D eigenvalue weighted by Gasteiger charge is 2.07. The lowest BCUT2D eigenvalue weighted by molar-refractivity contribution is 0.479. The van der Waals surface area contributed by atoms with Gasteiger partial charge in [0.1, 0.15) is 5.75 Å². The summed E-state index contributed by atoms with van der Waals surface area (Å²) in [6, 6.07) is 4.87. The van der Waals surface area contributed by atoms with Gasteiger partial charge in [-0.2, -0.15) is 0 Å². The third-order valence-corrected chi connectivity index (χ3v) is 2.82. The van der Waals surface area contributed by atoms with Crippen molar-refractivity contribution >= 4 is 33.0 Å². The Morgan fingerprint density at radius 3 is 2.75 bits per heavy atom. The fourth-order valence-corrected chi connectivity index (χ4v) is 2.03. The van der Waals surface area contributed by atoms with Crippen molar-refractivity contribution in [2.45, 2.75) is 0 Å². The van der Waals surface area contributed by atoms with Gasteiger partial charge < -0.3 is 10.2 Å². The van der Waals surface area contributed by atoms with Gasteiger partial charge in [0.15, 0.2) is 5.06 Å². The van der Waals surface area contributed by atoms with E-state index in [1.54, 1.807) is 12.1 Å². The van der Waals surface area contributed by atoms with Gasteiger partial charge in [0.25, 0.3) is 0 Å². The van der Waals surface area contributed by atoms with Crippen LogP contribution in [0.15, 0.2) is 18.2 Å². The number of halogens is 1. The minimum Gasteiger partial charge on any atom is -0.506 e. The summed E-state index contributed by atoms with van der Waals surface area (Å²) in [6.45, 7) is 0. The molecule has 0 aliphatic heterocycles. The highest BCUT2D eigenvalue weighted by Crippen LogP contribution is 2.39. The number of rotatable bonds is 0. The molecule has 62 valence electrons. The quantitative estimate of drug-likeness (QED) is 0.687. The average molecular weight is 201 g/mol. The first-order chi connectivity index (χ1) is 5.68. The molecule has 0 spiro atoms. The van der Waals surface area contributed by atoms with Gasteiger partial charge >= 0.3 is 0 Å². The smallest absolute Gasteiger partial charge is 0.172 e. The molecule has 1 heterocycles. The highest BCUT2D eigenvalue weighted by molar-refractivity contribution is 7.20. The van der Waals surface area contributed by atoms with Crippen LogP contribution in [0.1, 0.15) is 0 Å². The molecule has 0 fully saturated rings. The summed E-state index contributed by atoms with van der Waals surface area (Å²) in [7, 11) is 0. The van der Waals surface area contributed by atoms with E-state index < -0.39 is 0 Å². The lowest BCUT2D eigenvalue weighted by Gasteiger charge is -1.95. The van der Waals surface area contributed by atoms with Crippen LogP contribution >= 0.6 is 22.9 Å². The Bertz CT molecular complexity index is 436. The van der Waals surface area contributed by atoms with Gasteiger partial charge in [-0.1, -0.05) is 22.9 Å². The van der Waals surface area contributed by atoms with Crippen molar-refractivity contribution in [3.63, 3.8) is 0 Å². The number of aromatic hydroxyl groups is 2. The van der Waals surface area contributed by atoms with Gasteiger partial charge in [0, 0.05) is 16.2 Å². The molecule has 0 aliphatic rings. The molecule has 4 heteroatoms. The minimum absolute atomic E-state index is 0.0331. The van der Waals surface area contributed by atoms with Gasteiger partial charge in [-0.3, -0.25) is 0 Å². The number of benzene rings is 1. The zero-order valence-corrected chi connectivity index (χ0v) is 7.49. The predicted octanol–water partition coefficient (Wildman–Crippen LogP) is 2.97. The predicted molar refractivity (Wildman–Crippen MR) is 50.2 cm³/mol. The largest absolute Gasteiger partial charge is 0.506 e. The highest BCUT2D eigenvalue weighted by atomic mass is 35.5. The van der Waals surface area contributed by atoms with E-state index in [-0.39, 0.29) is 10.8 Å². The second-order valence-electron chi connectivity index (χ2n) is 2.39. The number of fused-ring (bicyclic) bond motifs is 1. The van der Waals surface area contributed by atoms with Crippen LogP contribution in [0.5, 0.6) is 10.8 Å². The zero-order chi connectivity index (χ0) is 8.72. The van der Waals surface area contributed by atoms with Crippen LogP contribution in [-0.2, 0) is 0 Å². The molecule has 1 aromatic heterocycles. The van der Waals surface area contributed by atoms with E-state index in [0.29, 0.717) is 10.4 Å². The maximum Gasteiger partial charge on any atom is 0.172 e. The Kier molecular flexibility index (Phi) is 1.63. The van der Waals surface area contributed by atoms with Crippen molar-refractivity contribution in [3.05, 3.63) is 23.2 Å². The monoisotopic (exact) mass is 200 g/mol. The molecule has 2 rings (SSSR count). The van der Waals surface area contributed by atoms with Crippen LogP contribution in [0.25, 0.3) is 10.1 Å². The molecule has 0 radical (unpaired) electrons. The van der Waals surface area contributed by atoms with Crippen LogP contribution < -0.4 is 0 Å². The van der Waals surface area contributed by atoms with Crippen molar-refractivity contribution in [1.82, 2.24) is 0 Å². The van der Waals surface area contributed by atoms with E-state index in [0.717, 1.165) is 4.70 Å². The first-order valence-corrected chi connectivity index (χ1v) is 4.48. The number of hydrogen-bond acceptors (Lipinski definition) is 3. The SMILES string of the molecule is Oc1cc2c(O)c(Cl)ccc2s1. The molecule has 0 saturated heterocycles. The van der Waals surface area contributed by atoms with Crippen molar-refractivity contribution in [3.8, 4) is 10.8 Å². The maximum atomic E-state index is 9.44.